The average Bonchev–Trinajstić information content (AvgIpc) is 2.36. The van der Waals surface area contributed by atoms with Gasteiger partial charge in [0, 0.05) is 16.7 Å². The van der Waals surface area contributed by atoms with Crippen molar-refractivity contribution in [3.05, 3.63) is 65.5 Å². The zero-order valence-corrected chi connectivity index (χ0v) is 11.1. The van der Waals surface area contributed by atoms with Crippen molar-refractivity contribution >= 4 is 11.8 Å². The molecule has 3 heteroatoms. The fraction of sp³-hybridized carbons (Fsp3) is 0.200. The van der Waals surface area contributed by atoms with E-state index in [0.29, 0.717) is 6.54 Å². The summed E-state index contributed by atoms with van der Waals surface area (Å²) < 4.78 is 13.1. The normalized spacial score (nSPS) is 12.4. The van der Waals surface area contributed by atoms with Gasteiger partial charge in [-0.05, 0) is 30.7 Å². The van der Waals surface area contributed by atoms with Crippen LogP contribution in [0.4, 0.5) is 4.39 Å². The predicted octanol–water partition coefficient (Wildman–Crippen LogP) is 3.93. The molecular formula is C15H16FNS. The first-order valence-electron chi connectivity index (χ1n) is 5.88. The maximum Gasteiger partial charge on any atom is 0.124 e. The molecule has 0 heterocycles. The number of nitrogens with two attached hydrogens (primary N) is 1. The van der Waals surface area contributed by atoms with Crippen molar-refractivity contribution in [2.24, 2.45) is 5.73 Å². The Morgan fingerprint density at radius 3 is 2.61 bits per heavy atom. The average molecular weight is 261 g/mol. The van der Waals surface area contributed by atoms with Gasteiger partial charge in [-0.1, -0.05) is 35.9 Å². The van der Waals surface area contributed by atoms with E-state index in [1.54, 1.807) is 23.9 Å². The Morgan fingerprint density at radius 1 is 1.17 bits per heavy atom. The number of thioether (sulfide) groups is 1. The molecule has 18 heavy (non-hydrogen) atoms. The van der Waals surface area contributed by atoms with Gasteiger partial charge in [0.2, 0.25) is 0 Å². The molecule has 1 unspecified atom stereocenters. The molecule has 1 atom stereocenters. The summed E-state index contributed by atoms with van der Waals surface area (Å²) in [5, 5.41) is 0.159. The number of aryl methyl sites for hydroxylation is 1. The molecule has 2 rings (SSSR count). The Kier molecular flexibility index (Phi) is 4.39. The van der Waals surface area contributed by atoms with Gasteiger partial charge >= 0.3 is 0 Å². The first-order chi connectivity index (χ1) is 8.69. The van der Waals surface area contributed by atoms with Crippen LogP contribution in [0.2, 0.25) is 0 Å². The molecule has 0 radical (unpaired) electrons. The van der Waals surface area contributed by atoms with Crippen LogP contribution >= 0.6 is 11.8 Å². The third-order valence-electron chi connectivity index (χ3n) is 2.70. The van der Waals surface area contributed by atoms with Gasteiger partial charge in [-0.3, -0.25) is 0 Å². The highest BCUT2D eigenvalue weighted by Gasteiger charge is 2.11. The number of rotatable bonds is 4. The summed E-state index contributed by atoms with van der Waals surface area (Å²) >= 11 is 1.60. The van der Waals surface area contributed by atoms with Gasteiger partial charge in [-0.2, -0.15) is 0 Å². The van der Waals surface area contributed by atoms with Crippen LogP contribution < -0.4 is 5.73 Å². The summed E-state index contributed by atoms with van der Waals surface area (Å²) in [6.07, 6.45) is 0. The third kappa shape index (κ3) is 3.34. The predicted molar refractivity (Wildman–Crippen MR) is 75.2 cm³/mol. The largest absolute Gasteiger partial charge is 0.329 e. The van der Waals surface area contributed by atoms with Gasteiger partial charge in [0.15, 0.2) is 0 Å². The summed E-state index contributed by atoms with van der Waals surface area (Å²) in [6, 6.07) is 14.9. The Bertz CT molecular complexity index is 527. The Hall–Kier alpha value is -1.32. The quantitative estimate of drug-likeness (QED) is 0.844. The lowest BCUT2D eigenvalue weighted by atomic mass is 10.1. The summed E-state index contributed by atoms with van der Waals surface area (Å²) in [4.78, 5) is 0.909. The lowest BCUT2D eigenvalue weighted by Gasteiger charge is -2.15. The summed E-state index contributed by atoms with van der Waals surface area (Å²) in [7, 11) is 0. The topological polar surface area (TPSA) is 26.0 Å². The van der Waals surface area contributed by atoms with Gasteiger partial charge in [0.25, 0.3) is 0 Å². The molecule has 2 aromatic rings. The first-order valence-corrected chi connectivity index (χ1v) is 6.76. The van der Waals surface area contributed by atoms with Gasteiger partial charge < -0.3 is 5.73 Å². The van der Waals surface area contributed by atoms with Crippen LogP contribution in [0.3, 0.4) is 0 Å². The molecule has 0 aliphatic carbocycles. The molecule has 0 amide bonds. The lowest BCUT2D eigenvalue weighted by Crippen LogP contribution is -2.09. The van der Waals surface area contributed by atoms with Gasteiger partial charge in [0.05, 0.1) is 0 Å². The van der Waals surface area contributed by atoms with Gasteiger partial charge in [-0.15, -0.1) is 11.8 Å². The van der Waals surface area contributed by atoms with Crippen LogP contribution in [0.15, 0.2) is 53.4 Å². The van der Waals surface area contributed by atoms with E-state index in [1.807, 2.05) is 12.1 Å². The summed E-state index contributed by atoms with van der Waals surface area (Å²) in [5.41, 5.74) is 8.23. The maximum atomic E-state index is 13.1. The molecule has 0 bridgehead atoms. The van der Waals surface area contributed by atoms with Crippen LogP contribution in [-0.4, -0.2) is 6.54 Å². The van der Waals surface area contributed by atoms with E-state index in [9.17, 15) is 4.39 Å². The molecular weight excluding hydrogens is 245 g/mol. The summed E-state index contributed by atoms with van der Waals surface area (Å²) in [5.74, 6) is -0.208. The maximum absolute atomic E-state index is 13.1. The molecule has 0 aliphatic rings. The Balaban J connectivity index is 2.19. The molecule has 1 nitrogen and oxygen atoms in total. The van der Waals surface area contributed by atoms with Crippen LogP contribution in [0, 0.1) is 12.7 Å². The second kappa shape index (κ2) is 6.03. The monoisotopic (exact) mass is 261 g/mol. The minimum Gasteiger partial charge on any atom is -0.329 e. The zero-order chi connectivity index (χ0) is 13.0. The smallest absolute Gasteiger partial charge is 0.124 e. The van der Waals surface area contributed by atoms with Crippen LogP contribution in [0.1, 0.15) is 16.4 Å². The second-order valence-electron chi connectivity index (χ2n) is 4.21. The molecule has 0 spiro atoms. The van der Waals surface area contributed by atoms with E-state index in [4.69, 9.17) is 5.73 Å². The summed E-state index contributed by atoms with van der Waals surface area (Å²) in [6.45, 7) is 2.59. The highest BCUT2D eigenvalue weighted by molar-refractivity contribution is 7.99. The fourth-order valence-electron chi connectivity index (χ4n) is 1.83. The molecule has 2 N–H and O–H groups in total. The molecule has 0 saturated heterocycles. The highest BCUT2D eigenvalue weighted by atomic mass is 32.2. The number of hydrogen-bond acceptors (Lipinski definition) is 2. The minimum atomic E-state index is -0.208. The van der Waals surface area contributed by atoms with Gasteiger partial charge in [-0.25, -0.2) is 4.39 Å². The molecule has 2 aromatic carbocycles. The third-order valence-corrected chi connectivity index (χ3v) is 3.98. The zero-order valence-electron chi connectivity index (χ0n) is 10.3. The highest BCUT2D eigenvalue weighted by Crippen LogP contribution is 2.34. The Labute approximate surface area is 111 Å². The molecule has 0 aliphatic heterocycles. The number of halogens is 1. The van der Waals surface area contributed by atoms with Crippen molar-refractivity contribution in [3.63, 3.8) is 0 Å². The molecule has 94 valence electrons. The lowest BCUT2D eigenvalue weighted by molar-refractivity contribution is 0.624. The van der Waals surface area contributed by atoms with E-state index in [1.165, 1.54) is 17.2 Å². The molecule has 0 aromatic heterocycles. The van der Waals surface area contributed by atoms with Crippen molar-refractivity contribution in [2.75, 3.05) is 6.54 Å². The van der Waals surface area contributed by atoms with Crippen molar-refractivity contribution in [3.8, 4) is 0 Å². The van der Waals surface area contributed by atoms with Crippen molar-refractivity contribution < 1.29 is 4.39 Å². The second-order valence-corrected chi connectivity index (χ2v) is 5.49. The number of benzene rings is 2. The standard InChI is InChI=1S/C15H16FNS/c1-11-4-2-5-12(8-11)15(10-17)18-14-7-3-6-13(16)9-14/h2-9,15H,10,17H2,1H3. The minimum absolute atomic E-state index is 0.159. The molecule has 0 fully saturated rings. The van der Waals surface area contributed by atoms with E-state index in [0.717, 1.165) is 4.90 Å². The van der Waals surface area contributed by atoms with Crippen molar-refractivity contribution in [1.29, 1.82) is 0 Å². The van der Waals surface area contributed by atoms with Crippen LogP contribution in [0.25, 0.3) is 0 Å². The van der Waals surface area contributed by atoms with Gasteiger partial charge in [0.1, 0.15) is 5.82 Å². The SMILES string of the molecule is Cc1cccc(C(CN)Sc2cccc(F)c2)c1. The first kappa shape index (κ1) is 13.1. The van der Waals surface area contributed by atoms with Crippen LogP contribution in [0.5, 0.6) is 0 Å². The molecule has 0 saturated carbocycles. The van der Waals surface area contributed by atoms with E-state index in [2.05, 4.69) is 25.1 Å². The van der Waals surface area contributed by atoms with E-state index < -0.39 is 0 Å². The fourth-order valence-corrected chi connectivity index (χ4v) is 2.87. The van der Waals surface area contributed by atoms with Crippen molar-refractivity contribution in [2.45, 2.75) is 17.1 Å². The number of hydrogen-bond donors (Lipinski definition) is 1. The van der Waals surface area contributed by atoms with Crippen molar-refractivity contribution in [1.82, 2.24) is 0 Å². The Morgan fingerprint density at radius 2 is 1.94 bits per heavy atom. The van der Waals surface area contributed by atoms with Crippen LogP contribution in [-0.2, 0) is 0 Å². The van der Waals surface area contributed by atoms with E-state index in [-0.39, 0.29) is 11.1 Å². The van der Waals surface area contributed by atoms with E-state index >= 15 is 0 Å².